The molecule has 0 radical (unpaired) electrons. The van der Waals surface area contributed by atoms with Crippen molar-refractivity contribution < 1.29 is 37.6 Å². The summed E-state index contributed by atoms with van der Waals surface area (Å²) in [6, 6.07) is 15.4. The maximum Gasteiger partial charge on any atom is 0.341 e. The van der Waals surface area contributed by atoms with Gasteiger partial charge >= 0.3 is 5.97 Å². The summed E-state index contributed by atoms with van der Waals surface area (Å²) in [5.41, 5.74) is 1.09. The van der Waals surface area contributed by atoms with E-state index < -0.39 is 5.97 Å². The van der Waals surface area contributed by atoms with Crippen LogP contribution in [0.1, 0.15) is 16.8 Å². The fourth-order valence-electron chi connectivity index (χ4n) is 3.97. The van der Waals surface area contributed by atoms with Crippen LogP contribution in [0.5, 0.6) is 28.7 Å². The zero-order chi connectivity index (χ0) is 27.9. The highest BCUT2D eigenvalue weighted by atomic mass is 79.9. The van der Waals surface area contributed by atoms with Gasteiger partial charge in [0.1, 0.15) is 33.8 Å². The molecule has 0 aliphatic rings. The SMILES string of the molecule is COC(=O)c1cc(Br)ccc1OCCCOc1ccc(-c2cc(=O)c3c(OC)c(OC)c(OC)cc3o2)cc1. The molecule has 204 valence electrons. The number of hydrogen-bond acceptors (Lipinski definition) is 9. The molecule has 0 bridgehead atoms. The monoisotopic (exact) mass is 598 g/mol. The van der Waals surface area contributed by atoms with Gasteiger partial charge in [-0.05, 0) is 42.5 Å². The molecule has 0 saturated carbocycles. The van der Waals surface area contributed by atoms with E-state index in [0.717, 1.165) is 4.47 Å². The van der Waals surface area contributed by atoms with Crippen molar-refractivity contribution in [2.24, 2.45) is 0 Å². The number of ether oxygens (including phenoxy) is 6. The van der Waals surface area contributed by atoms with E-state index in [0.29, 0.717) is 65.1 Å². The molecular formula is C29H27BrO9. The molecule has 4 rings (SSSR count). The Bertz CT molecular complexity index is 1530. The number of rotatable bonds is 11. The van der Waals surface area contributed by atoms with E-state index in [-0.39, 0.29) is 16.6 Å². The Morgan fingerprint density at radius 3 is 2.21 bits per heavy atom. The summed E-state index contributed by atoms with van der Waals surface area (Å²) in [5, 5.41) is 0.267. The Hall–Kier alpha value is -4.18. The maximum absolute atomic E-state index is 13.0. The van der Waals surface area contributed by atoms with E-state index in [1.165, 1.54) is 34.5 Å². The van der Waals surface area contributed by atoms with Crippen molar-refractivity contribution in [2.75, 3.05) is 41.7 Å². The average Bonchev–Trinajstić information content (AvgIpc) is 2.96. The van der Waals surface area contributed by atoms with Crippen molar-refractivity contribution in [2.45, 2.75) is 6.42 Å². The Balaban J connectivity index is 1.42. The maximum atomic E-state index is 13.0. The Kier molecular flexibility index (Phi) is 8.98. The van der Waals surface area contributed by atoms with Gasteiger partial charge in [0, 0.05) is 28.6 Å². The second-order valence-corrected chi connectivity index (χ2v) is 9.12. The van der Waals surface area contributed by atoms with Gasteiger partial charge in [-0.1, -0.05) is 15.9 Å². The molecule has 0 aliphatic heterocycles. The normalized spacial score (nSPS) is 10.7. The minimum atomic E-state index is -0.470. The summed E-state index contributed by atoms with van der Waals surface area (Å²) in [5.74, 6) is 1.97. The summed E-state index contributed by atoms with van der Waals surface area (Å²) in [6.07, 6.45) is 0.588. The van der Waals surface area contributed by atoms with Gasteiger partial charge in [0.25, 0.3) is 0 Å². The summed E-state index contributed by atoms with van der Waals surface area (Å²) >= 11 is 3.34. The zero-order valence-corrected chi connectivity index (χ0v) is 23.5. The van der Waals surface area contributed by atoms with Gasteiger partial charge in [0.05, 0.1) is 41.7 Å². The van der Waals surface area contributed by atoms with Crippen molar-refractivity contribution in [1.29, 1.82) is 0 Å². The molecule has 1 aromatic heterocycles. The van der Waals surface area contributed by atoms with Crippen LogP contribution in [-0.4, -0.2) is 47.6 Å². The van der Waals surface area contributed by atoms with Crippen molar-refractivity contribution in [1.82, 2.24) is 0 Å². The number of methoxy groups -OCH3 is 4. The summed E-state index contributed by atoms with van der Waals surface area (Å²) in [6.45, 7) is 0.750. The molecule has 0 atom stereocenters. The number of halogens is 1. The number of benzene rings is 3. The Labute approximate surface area is 233 Å². The molecule has 0 aliphatic carbocycles. The van der Waals surface area contributed by atoms with Gasteiger partial charge in [-0.15, -0.1) is 0 Å². The van der Waals surface area contributed by atoms with Crippen LogP contribution in [0.2, 0.25) is 0 Å². The number of fused-ring (bicyclic) bond motifs is 1. The molecule has 9 nitrogen and oxygen atoms in total. The van der Waals surface area contributed by atoms with Crippen molar-refractivity contribution in [3.8, 4) is 40.1 Å². The van der Waals surface area contributed by atoms with E-state index >= 15 is 0 Å². The van der Waals surface area contributed by atoms with Crippen LogP contribution in [-0.2, 0) is 4.74 Å². The standard InChI is InChI=1S/C29H27BrO9/c1-33-25-16-24-26(28(35-3)27(25)34-2)21(31)15-23(39-24)17-6-9-19(10-7-17)37-12-5-13-38-22-11-8-18(30)14-20(22)29(32)36-4/h6-11,14-16H,5,12-13H2,1-4H3. The number of hydrogen-bond donors (Lipinski definition) is 0. The number of carbonyl (C=O) groups is 1. The highest BCUT2D eigenvalue weighted by Crippen LogP contribution is 2.42. The largest absolute Gasteiger partial charge is 0.493 e. The lowest BCUT2D eigenvalue weighted by Gasteiger charge is -2.14. The molecule has 3 aromatic carbocycles. The molecule has 0 unspecified atom stereocenters. The first kappa shape index (κ1) is 27.8. The first-order valence-corrected chi connectivity index (χ1v) is 12.7. The van der Waals surface area contributed by atoms with E-state index in [1.807, 2.05) is 0 Å². The fraction of sp³-hybridized carbons (Fsp3) is 0.241. The van der Waals surface area contributed by atoms with Gasteiger partial charge < -0.3 is 32.8 Å². The van der Waals surface area contributed by atoms with Crippen LogP contribution in [0.3, 0.4) is 0 Å². The highest BCUT2D eigenvalue weighted by Gasteiger charge is 2.21. The van der Waals surface area contributed by atoms with Crippen LogP contribution >= 0.6 is 15.9 Å². The minimum Gasteiger partial charge on any atom is -0.493 e. The predicted octanol–water partition coefficient (Wildman–Crippen LogP) is 5.88. The molecular weight excluding hydrogens is 572 g/mol. The Morgan fingerprint density at radius 1 is 0.821 bits per heavy atom. The molecule has 0 spiro atoms. The summed E-state index contributed by atoms with van der Waals surface area (Å²) in [4.78, 5) is 25.0. The van der Waals surface area contributed by atoms with Gasteiger partial charge in [-0.3, -0.25) is 4.79 Å². The number of esters is 1. The lowest BCUT2D eigenvalue weighted by molar-refractivity contribution is 0.0595. The fourth-order valence-corrected chi connectivity index (χ4v) is 4.33. The van der Waals surface area contributed by atoms with E-state index in [1.54, 1.807) is 48.5 Å². The van der Waals surface area contributed by atoms with E-state index in [4.69, 9.17) is 32.8 Å². The third-order valence-corrected chi connectivity index (χ3v) is 6.32. The first-order chi connectivity index (χ1) is 18.9. The van der Waals surface area contributed by atoms with Crippen LogP contribution in [0.4, 0.5) is 0 Å². The third-order valence-electron chi connectivity index (χ3n) is 5.82. The zero-order valence-electron chi connectivity index (χ0n) is 21.9. The topological polar surface area (TPSA) is 103 Å². The highest BCUT2D eigenvalue weighted by molar-refractivity contribution is 9.10. The molecule has 0 fully saturated rings. The van der Waals surface area contributed by atoms with Gasteiger partial charge in [-0.2, -0.15) is 0 Å². The average molecular weight is 599 g/mol. The second-order valence-electron chi connectivity index (χ2n) is 8.20. The smallest absolute Gasteiger partial charge is 0.341 e. The lowest BCUT2D eigenvalue weighted by Crippen LogP contribution is -2.09. The number of carbonyl (C=O) groups excluding carboxylic acids is 1. The van der Waals surface area contributed by atoms with Crippen LogP contribution in [0, 0.1) is 0 Å². The molecule has 39 heavy (non-hydrogen) atoms. The minimum absolute atomic E-state index is 0.251. The molecule has 0 saturated heterocycles. The molecule has 0 N–H and O–H groups in total. The quantitative estimate of drug-likeness (QED) is 0.154. The van der Waals surface area contributed by atoms with Crippen molar-refractivity contribution in [3.63, 3.8) is 0 Å². The third kappa shape index (κ3) is 6.12. The van der Waals surface area contributed by atoms with Gasteiger partial charge in [0.15, 0.2) is 16.9 Å². The molecule has 4 aromatic rings. The summed E-state index contributed by atoms with van der Waals surface area (Å²) in [7, 11) is 5.75. The van der Waals surface area contributed by atoms with Gasteiger partial charge in [0.2, 0.25) is 5.75 Å². The van der Waals surface area contributed by atoms with Crippen molar-refractivity contribution >= 4 is 32.9 Å². The van der Waals surface area contributed by atoms with E-state index in [2.05, 4.69) is 15.9 Å². The lowest BCUT2D eigenvalue weighted by atomic mass is 10.1. The predicted molar refractivity (Wildman–Crippen MR) is 149 cm³/mol. The van der Waals surface area contributed by atoms with Crippen LogP contribution in [0.15, 0.2) is 68.3 Å². The van der Waals surface area contributed by atoms with Crippen LogP contribution < -0.4 is 29.1 Å². The molecule has 1 heterocycles. The van der Waals surface area contributed by atoms with Crippen molar-refractivity contribution in [3.05, 3.63) is 74.9 Å². The van der Waals surface area contributed by atoms with E-state index in [9.17, 15) is 9.59 Å². The van der Waals surface area contributed by atoms with Gasteiger partial charge in [-0.25, -0.2) is 4.79 Å². The summed E-state index contributed by atoms with van der Waals surface area (Å²) < 4.78 is 39.4. The molecule has 0 amide bonds. The van der Waals surface area contributed by atoms with Crippen LogP contribution in [0.25, 0.3) is 22.3 Å². The second kappa shape index (κ2) is 12.6. The first-order valence-electron chi connectivity index (χ1n) is 11.9. The Morgan fingerprint density at radius 2 is 1.54 bits per heavy atom. The molecule has 10 heteroatoms.